The predicted octanol–water partition coefficient (Wildman–Crippen LogP) is 6.30. The van der Waals surface area contributed by atoms with Crippen molar-refractivity contribution < 1.29 is 18.8 Å². The number of furan rings is 1. The van der Waals surface area contributed by atoms with Crippen molar-refractivity contribution in [3.8, 4) is 11.3 Å². The van der Waals surface area contributed by atoms with Crippen LogP contribution < -0.4 is 5.06 Å². The number of benzene rings is 3. The maximum atomic E-state index is 13.7. The van der Waals surface area contributed by atoms with Crippen LogP contribution >= 0.6 is 23.2 Å². The summed E-state index contributed by atoms with van der Waals surface area (Å²) in [5, 5.41) is 2.62. The van der Waals surface area contributed by atoms with Crippen LogP contribution in [0.3, 0.4) is 0 Å². The van der Waals surface area contributed by atoms with Crippen LogP contribution in [-0.4, -0.2) is 22.8 Å². The number of hydrogen-bond donors (Lipinski definition) is 0. The van der Waals surface area contributed by atoms with E-state index in [2.05, 4.69) is 0 Å². The highest BCUT2D eigenvalue weighted by Crippen LogP contribution is 2.48. The lowest BCUT2D eigenvalue weighted by Crippen LogP contribution is -2.36. The number of carbonyl (C=O) groups excluding carboxylic acids is 2. The Morgan fingerprint density at radius 1 is 0.806 bits per heavy atom. The van der Waals surface area contributed by atoms with Crippen molar-refractivity contribution in [2.45, 2.75) is 18.7 Å². The Balaban J connectivity index is 1.39. The number of anilines is 1. The first kappa shape index (κ1) is 22.9. The number of amides is 2. The molecule has 2 saturated heterocycles. The minimum absolute atomic E-state index is 0.189. The van der Waals surface area contributed by atoms with E-state index in [9.17, 15) is 9.59 Å². The molecule has 1 aromatic heterocycles. The predicted molar refractivity (Wildman–Crippen MR) is 136 cm³/mol. The third-order valence-corrected chi connectivity index (χ3v) is 7.08. The van der Waals surface area contributed by atoms with E-state index < -0.39 is 18.1 Å². The van der Waals surface area contributed by atoms with Gasteiger partial charge in [0.15, 0.2) is 6.10 Å². The van der Waals surface area contributed by atoms with Crippen molar-refractivity contribution in [2.24, 2.45) is 5.92 Å². The summed E-state index contributed by atoms with van der Waals surface area (Å²) in [6, 6.07) is 26.8. The lowest BCUT2D eigenvalue weighted by atomic mass is 9.94. The number of fused-ring (bicyclic) bond motifs is 1. The summed E-state index contributed by atoms with van der Waals surface area (Å²) in [7, 11) is 0. The van der Waals surface area contributed by atoms with E-state index >= 15 is 0 Å². The van der Waals surface area contributed by atoms with Crippen molar-refractivity contribution >= 4 is 40.7 Å². The largest absolute Gasteiger partial charge is 0.459 e. The van der Waals surface area contributed by atoms with E-state index in [1.807, 2.05) is 60.7 Å². The molecule has 0 bridgehead atoms. The number of hydroxylamine groups is 1. The van der Waals surface area contributed by atoms with Crippen molar-refractivity contribution in [3.05, 3.63) is 112 Å². The molecule has 4 aromatic rings. The van der Waals surface area contributed by atoms with Crippen LogP contribution in [0.25, 0.3) is 11.3 Å². The first-order valence-electron chi connectivity index (χ1n) is 11.5. The van der Waals surface area contributed by atoms with E-state index in [-0.39, 0.29) is 18.4 Å². The van der Waals surface area contributed by atoms with E-state index in [1.54, 1.807) is 35.4 Å². The minimum atomic E-state index is -0.949. The molecule has 2 amide bonds. The van der Waals surface area contributed by atoms with Gasteiger partial charge >= 0.3 is 0 Å². The van der Waals surface area contributed by atoms with Gasteiger partial charge < -0.3 is 4.42 Å². The van der Waals surface area contributed by atoms with Crippen molar-refractivity contribution in [1.82, 2.24) is 4.90 Å². The SMILES string of the molecule is O=C1[C@H]2[C@H](ON(c3ccccc3)[C@H]2c2ccc(-c3cc(Cl)ccc3Cl)o2)C(=O)N1Cc1ccccc1. The Morgan fingerprint density at radius 2 is 1.53 bits per heavy atom. The van der Waals surface area contributed by atoms with Gasteiger partial charge in [-0.15, -0.1) is 0 Å². The summed E-state index contributed by atoms with van der Waals surface area (Å²) < 4.78 is 6.24. The number of carbonyl (C=O) groups is 2. The second kappa shape index (κ2) is 9.13. The molecule has 6 nitrogen and oxygen atoms in total. The summed E-state index contributed by atoms with van der Waals surface area (Å²) in [6.07, 6.45) is -0.949. The van der Waals surface area contributed by atoms with Crippen molar-refractivity contribution in [3.63, 3.8) is 0 Å². The van der Waals surface area contributed by atoms with E-state index in [4.69, 9.17) is 32.5 Å². The zero-order valence-electron chi connectivity index (χ0n) is 18.9. The van der Waals surface area contributed by atoms with Gasteiger partial charge in [0.2, 0.25) is 5.91 Å². The second-order valence-corrected chi connectivity index (χ2v) is 9.58. The summed E-state index contributed by atoms with van der Waals surface area (Å²) >= 11 is 12.6. The van der Waals surface area contributed by atoms with Crippen molar-refractivity contribution in [1.29, 1.82) is 0 Å². The van der Waals surface area contributed by atoms with Crippen LogP contribution in [-0.2, 0) is 21.0 Å². The van der Waals surface area contributed by atoms with Crippen LogP contribution in [0.5, 0.6) is 0 Å². The summed E-state index contributed by atoms with van der Waals surface area (Å²) in [5.41, 5.74) is 2.22. The molecule has 0 N–H and O–H groups in total. The number of para-hydroxylation sites is 1. The maximum absolute atomic E-state index is 13.7. The zero-order valence-corrected chi connectivity index (χ0v) is 20.4. The standard InChI is InChI=1S/C28H20Cl2N2O4/c29-18-11-12-21(30)20(15-18)22-13-14-23(35-22)25-24-26(36-32(25)19-9-5-2-6-10-19)28(34)31(27(24)33)16-17-7-3-1-4-8-17/h1-15,24-26H,16H2/t24-,25+,26+/m1/s1. The lowest BCUT2D eigenvalue weighted by Gasteiger charge is -2.27. The van der Waals surface area contributed by atoms with Gasteiger partial charge in [-0.05, 0) is 48.0 Å². The molecule has 8 heteroatoms. The molecule has 0 unspecified atom stereocenters. The summed E-state index contributed by atoms with van der Waals surface area (Å²) in [5.74, 6) is -0.430. The lowest BCUT2D eigenvalue weighted by molar-refractivity contribution is -0.143. The van der Waals surface area contributed by atoms with Gasteiger partial charge in [-0.3, -0.25) is 19.3 Å². The molecule has 6 rings (SSSR count). The highest BCUT2D eigenvalue weighted by atomic mass is 35.5. The fraction of sp³-hybridized carbons (Fsp3) is 0.143. The third-order valence-electron chi connectivity index (χ3n) is 6.51. The van der Waals surface area contributed by atoms with Crippen molar-refractivity contribution in [2.75, 3.05) is 5.06 Å². The van der Waals surface area contributed by atoms with Crippen LogP contribution in [0.2, 0.25) is 10.0 Å². The monoisotopic (exact) mass is 518 g/mol. The van der Waals surface area contributed by atoms with Gasteiger partial charge in [0.1, 0.15) is 23.5 Å². The van der Waals surface area contributed by atoms with E-state index in [0.29, 0.717) is 32.8 Å². The molecule has 180 valence electrons. The van der Waals surface area contributed by atoms with Gasteiger partial charge in [-0.1, -0.05) is 71.7 Å². The van der Waals surface area contributed by atoms with Crippen LogP contribution in [0.15, 0.2) is 95.4 Å². The Labute approximate surface area is 217 Å². The number of hydrogen-bond acceptors (Lipinski definition) is 5. The molecule has 3 heterocycles. The molecule has 0 radical (unpaired) electrons. The Morgan fingerprint density at radius 3 is 2.28 bits per heavy atom. The topological polar surface area (TPSA) is 63.0 Å². The molecule has 2 aliphatic rings. The first-order valence-corrected chi connectivity index (χ1v) is 12.2. The summed E-state index contributed by atoms with van der Waals surface area (Å²) in [4.78, 5) is 34.4. The molecule has 2 aliphatic heterocycles. The van der Waals surface area contributed by atoms with Crippen LogP contribution in [0.1, 0.15) is 17.4 Å². The molecule has 2 fully saturated rings. The van der Waals surface area contributed by atoms with E-state index in [1.165, 1.54) is 4.90 Å². The third kappa shape index (κ3) is 3.88. The van der Waals surface area contributed by atoms with E-state index in [0.717, 1.165) is 5.56 Å². The molecule has 3 aromatic carbocycles. The Bertz CT molecular complexity index is 1440. The number of rotatable bonds is 5. The fourth-order valence-corrected chi connectivity index (χ4v) is 5.21. The number of imide groups is 1. The number of likely N-dealkylation sites (tertiary alicyclic amines) is 1. The normalized spacial score (nSPS) is 21.3. The van der Waals surface area contributed by atoms with Gasteiger partial charge in [0.05, 0.1) is 17.3 Å². The number of nitrogens with zero attached hydrogens (tertiary/aromatic N) is 2. The fourth-order valence-electron chi connectivity index (χ4n) is 4.82. The molecule has 0 spiro atoms. The molecule has 0 saturated carbocycles. The van der Waals surface area contributed by atoms with Gasteiger partial charge in [-0.2, -0.15) is 0 Å². The molecular formula is C28H20Cl2N2O4. The average Bonchev–Trinajstić information content (AvgIpc) is 3.59. The first-order chi connectivity index (χ1) is 17.5. The minimum Gasteiger partial charge on any atom is -0.459 e. The summed E-state index contributed by atoms with van der Waals surface area (Å²) in [6.45, 7) is 0.189. The van der Waals surface area contributed by atoms with Gasteiger partial charge in [-0.25, -0.2) is 5.06 Å². The highest BCUT2D eigenvalue weighted by Gasteiger charge is 2.60. The van der Waals surface area contributed by atoms with Crippen LogP contribution in [0.4, 0.5) is 5.69 Å². The van der Waals surface area contributed by atoms with Crippen LogP contribution in [0, 0.1) is 5.92 Å². The smallest absolute Gasteiger partial charge is 0.262 e. The van der Waals surface area contributed by atoms with Gasteiger partial charge in [0.25, 0.3) is 5.91 Å². The molecule has 3 atom stereocenters. The molecule has 0 aliphatic carbocycles. The average molecular weight is 519 g/mol. The maximum Gasteiger partial charge on any atom is 0.262 e. The van der Waals surface area contributed by atoms with Gasteiger partial charge in [0, 0.05) is 10.6 Å². The zero-order chi connectivity index (χ0) is 24.8. The second-order valence-electron chi connectivity index (χ2n) is 8.73. The highest BCUT2D eigenvalue weighted by molar-refractivity contribution is 6.35. The number of halogens is 2. The molecular weight excluding hydrogens is 499 g/mol. The Kier molecular flexibility index (Phi) is 5.80. The molecule has 36 heavy (non-hydrogen) atoms. The quantitative estimate of drug-likeness (QED) is 0.290. The Hall–Kier alpha value is -3.58.